The maximum atomic E-state index is 13.9. The first-order valence-corrected chi connectivity index (χ1v) is 16.7. The number of amides is 1. The number of para-hydroxylation sites is 1. The average molecular weight is 705 g/mol. The lowest BCUT2D eigenvalue weighted by Gasteiger charge is -2.18. The minimum Gasteiger partial charge on any atom is -0.494 e. The lowest BCUT2D eigenvalue weighted by Crippen LogP contribution is -2.45. The molecule has 12 heteroatoms. The molecule has 236 valence electrons. The monoisotopic (exact) mass is 703 g/mol. The van der Waals surface area contributed by atoms with Crippen molar-refractivity contribution in [1.29, 1.82) is 0 Å². The van der Waals surface area contributed by atoms with Crippen molar-refractivity contribution in [2.75, 3.05) is 6.61 Å². The van der Waals surface area contributed by atoms with Crippen LogP contribution in [0.1, 0.15) is 34.8 Å². The quantitative estimate of drug-likeness (QED) is 0.116. The van der Waals surface area contributed by atoms with E-state index in [9.17, 15) is 28.1 Å². The normalized spacial score (nSPS) is 12.0. The summed E-state index contributed by atoms with van der Waals surface area (Å²) in [5.74, 6) is 0.000465. The van der Waals surface area contributed by atoms with Crippen LogP contribution < -0.4 is 10.1 Å². The van der Waals surface area contributed by atoms with Gasteiger partial charge in [0.1, 0.15) is 11.8 Å². The van der Waals surface area contributed by atoms with Crippen LogP contribution in [-0.2, 0) is 27.6 Å². The van der Waals surface area contributed by atoms with Crippen molar-refractivity contribution < 1.29 is 27.7 Å². The van der Waals surface area contributed by atoms with Crippen molar-refractivity contribution in [2.24, 2.45) is 0 Å². The predicted octanol–water partition coefficient (Wildman–Crippen LogP) is 6.49. The highest BCUT2D eigenvalue weighted by Crippen LogP contribution is 2.25. The predicted molar refractivity (Wildman–Crippen MR) is 178 cm³/mol. The highest BCUT2D eigenvalue weighted by atomic mass is 79.9. The van der Waals surface area contributed by atoms with Gasteiger partial charge in [-0.05, 0) is 60.0 Å². The molecule has 0 saturated heterocycles. The summed E-state index contributed by atoms with van der Waals surface area (Å²) < 4.78 is 35.5. The first-order valence-electron chi connectivity index (χ1n) is 14.4. The number of benzene rings is 4. The van der Waals surface area contributed by atoms with Gasteiger partial charge in [-0.2, -0.15) is 0 Å². The van der Waals surface area contributed by atoms with Gasteiger partial charge < -0.3 is 14.6 Å². The molecule has 1 N–H and O–H groups in total. The van der Waals surface area contributed by atoms with Crippen LogP contribution in [-0.4, -0.2) is 41.6 Å². The van der Waals surface area contributed by atoms with Gasteiger partial charge in [0, 0.05) is 46.7 Å². The number of carbonyl (C=O) groups is 2. The van der Waals surface area contributed by atoms with E-state index in [0.717, 1.165) is 46.2 Å². The highest BCUT2D eigenvalue weighted by molar-refractivity contribution is 9.10. The first kappa shape index (κ1) is 32.6. The van der Waals surface area contributed by atoms with Crippen LogP contribution in [0.15, 0.2) is 113 Å². The van der Waals surface area contributed by atoms with Crippen LogP contribution in [0, 0.1) is 10.1 Å². The zero-order chi connectivity index (χ0) is 32.8. The number of nitro groups is 1. The second-order valence-corrected chi connectivity index (χ2v) is 13.4. The van der Waals surface area contributed by atoms with Crippen molar-refractivity contribution in [1.82, 2.24) is 9.88 Å². The third-order valence-electron chi connectivity index (χ3n) is 7.35. The molecule has 46 heavy (non-hydrogen) atoms. The zero-order valence-electron chi connectivity index (χ0n) is 24.8. The van der Waals surface area contributed by atoms with E-state index >= 15 is 0 Å². The Bertz CT molecular complexity index is 1990. The Kier molecular flexibility index (Phi) is 9.98. The number of fused-ring (bicyclic) bond motifs is 1. The van der Waals surface area contributed by atoms with Crippen LogP contribution in [0.3, 0.4) is 0 Å². The molecule has 0 radical (unpaired) electrons. The fraction of sp³-hybridized carbons (Fsp3) is 0.176. The van der Waals surface area contributed by atoms with Crippen molar-refractivity contribution in [3.63, 3.8) is 0 Å². The highest BCUT2D eigenvalue weighted by Gasteiger charge is 2.34. The smallest absolute Gasteiger partial charge is 0.273 e. The number of sulfone groups is 1. The molecule has 0 aliphatic rings. The van der Waals surface area contributed by atoms with E-state index in [1.165, 1.54) is 0 Å². The summed E-state index contributed by atoms with van der Waals surface area (Å²) >= 11 is 3.44. The maximum absolute atomic E-state index is 13.9. The van der Waals surface area contributed by atoms with E-state index in [1.54, 1.807) is 42.6 Å². The molecule has 4 aromatic carbocycles. The summed E-state index contributed by atoms with van der Waals surface area (Å²) in [6.45, 7) is 2.99. The number of hydrogen-bond acceptors (Lipinski definition) is 7. The number of nitrogens with zero attached hydrogens (tertiary/aromatic N) is 2. The Hall–Kier alpha value is -4.81. The lowest BCUT2D eigenvalue weighted by atomic mass is 10.1. The van der Waals surface area contributed by atoms with Gasteiger partial charge in [0.05, 0.1) is 22.0 Å². The second kappa shape index (κ2) is 14.1. The zero-order valence-corrected chi connectivity index (χ0v) is 27.2. The summed E-state index contributed by atoms with van der Waals surface area (Å²) in [5.41, 5.74) is 2.35. The number of nitrogens with one attached hydrogen (secondary N) is 1. The number of rotatable bonds is 12. The molecular weight excluding hydrogens is 674 g/mol. The minimum atomic E-state index is -4.64. The van der Waals surface area contributed by atoms with Crippen molar-refractivity contribution in [3.8, 4) is 5.75 Å². The van der Waals surface area contributed by atoms with Gasteiger partial charge in [-0.15, -0.1) is 0 Å². The summed E-state index contributed by atoms with van der Waals surface area (Å²) in [6.07, 6.45) is 2.39. The maximum Gasteiger partial charge on any atom is 0.273 e. The molecule has 10 nitrogen and oxygen atoms in total. The molecule has 0 unspecified atom stereocenters. The Morgan fingerprint density at radius 3 is 2.24 bits per heavy atom. The van der Waals surface area contributed by atoms with E-state index in [1.807, 2.05) is 47.9 Å². The third-order valence-corrected chi connectivity index (χ3v) is 9.58. The van der Waals surface area contributed by atoms with Crippen LogP contribution in [0.4, 0.5) is 5.69 Å². The topological polar surface area (TPSA) is 138 Å². The molecule has 5 aromatic rings. The fourth-order valence-corrected chi connectivity index (χ4v) is 6.51. The summed E-state index contributed by atoms with van der Waals surface area (Å²) in [7, 11) is -4.64. The fourth-order valence-electron chi connectivity index (χ4n) is 5.00. The number of nitro benzene ring substituents is 1. The van der Waals surface area contributed by atoms with E-state index in [-0.39, 0.29) is 17.7 Å². The van der Waals surface area contributed by atoms with Crippen LogP contribution >= 0.6 is 15.9 Å². The van der Waals surface area contributed by atoms with Gasteiger partial charge in [0.25, 0.3) is 16.7 Å². The molecule has 0 spiro atoms. The van der Waals surface area contributed by atoms with Crippen molar-refractivity contribution >= 4 is 53.4 Å². The third kappa shape index (κ3) is 7.35. The van der Waals surface area contributed by atoms with Gasteiger partial charge >= 0.3 is 0 Å². The Balaban J connectivity index is 1.47. The number of hydrogen-bond donors (Lipinski definition) is 1. The molecule has 1 atom stereocenters. The minimum absolute atomic E-state index is 0.123. The van der Waals surface area contributed by atoms with E-state index in [2.05, 4.69) is 21.2 Å². The first-order chi connectivity index (χ1) is 22.1. The van der Waals surface area contributed by atoms with Gasteiger partial charge in [-0.3, -0.25) is 19.7 Å². The van der Waals surface area contributed by atoms with Gasteiger partial charge in [0.15, 0.2) is 0 Å². The molecule has 0 fully saturated rings. The molecular formula is C34H30BrN3O7S. The van der Waals surface area contributed by atoms with Crippen LogP contribution in [0.5, 0.6) is 5.75 Å². The SMILES string of the molecule is CCCOc1ccc(C[C@@H](NC(=O)c2cn(Cc3ccc(Br)cc3)c3ccccc23)C(=O)S(=O)(=O)c2ccc([N+](=O)[O-])cc2)cc1. The van der Waals surface area contributed by atoms with E-state index < -0.39 is 36.7 Å². The molecule has 1 heterocycles. The molecule has 1 amide bonds. The summed E-state index contributed by atoms with van der Waals surface area (Å²) in [4.78, 5) is 37.6. The summed E-state index contributed by atoms with van der Waals surface area (Å²) in [5, 5.41) is 13.2. The molecule has 1 aromatic heterocycles. The Morgan fingerprint density at radius 2 is 1.59 bits per heavy atom. The lowest BCUT2D eigenvalue weighted by molar-refractivity contribution is -0.384. The van der Waals surface area contributed by atoms with Crippen molar-refractivity contribution in [3.05, 3.63) is 135 Å². The van der Waals surface area contributed by atoms with Gasteiger partial charge in [-0.1, -0.05) is 65.3 Å². The largest absolute Gasteiger partial charge is 0.494 e. The number of carbonyl (C=O) groups excluding carboxylic acids is 2. The number of aromatic nitrogens is 1. The summed E-state index contributed by atoms with van der Waals surface area (Å²) in [6, 6.07) is 24.6. The molecule has 5 rings (SSSR count). The Labute approximate surface area is 274 Å². The van der Waals surface area contributed by atoms with Gasteiger partial charge in [-0.25, -0.2) is 8.42 Å². The number of non-ortho nitro benzene ring substituents is 1. The van der Waals surface area contributed by atoms with E-state index in [4.69, 9.17) is 4.74 Å². The average Bonchev–Trinajstić information content (AvgIpc) is 3.43. The van der Waals surface area contributed by atoms with E-state index in [0.29, 0.717) is 29.9 Å². The molecule has 0 aliphatic carbocycles. The van der Waals surface area contributed by atoms with Gasteiger partial charge in [0.2, 0.25) is 9.84 Å². The molecule has 0 aliphatic heterocycles. The number of halogens is 1. The Morgan fingerprint density at radius 1 is 0.935 bits per heavy atom. The molecule has 0 bridgehead atoms. The van der Waals surface area contributed by atoms with Crippen molar-refractivity contribution in [2.45, 2.75) is 37.2 Å². The second-order valence-electron chi connectivity index (χ2n) is 10.6. The molecule has 0 saturated carbocycles. The number of ether oxygens (including phenoxy) is 1. The van der Waals surface area contributed by atoms with Crippen LogP contribution in [0.25, 0.3) is 10.9 Å². The standard InChI is InChI=1S/C34H30BrN3O7S/c1-2-19-45-27-15-9-23(10-16-27)20-31(34(40)46(43,44)28-17-13-26(14-18-28)38(41)42)36-33(39)30-22-37(32-6-4-3-5-29(30)32)21-24-7-11-25(35)12-8-24/h3-18,22,31H,2,19-21H2,1H3,(H,36,39)/t31-/m1/s1. The van der Waals surface area contributed by atoms with Crippen LogP contribution in [0.2, 0.25) is 0 Å².